The van der Waals surface area contributed by atoms with E-state index in [0.717, 1.165) is 34.7 Å². The van der Waals surface area contributed by atoms with Crippen molar-refractivity contribution in [3.8, 4) is 0 Å². The number of carbonyl (C=O) groups is 1. The molecule has 0 spiro atoms. The number of sulfone groups is 1. The zero-order valence-electron chi connectivity index (χ0n) is 20.1. The average Bonchev–Trinajstić information content (AvgIpc) is 3.24. The molecule has 35 heavy (non-hydrogen) atoms. The summed E-state index contributed by atoms with van der Waals surface area (Å²) in [5, 5.41) is 1.14. The van der Waals surface area contributed by atoms with Crippen LogP contribution in [-0.2, 0) is 14.6 Å². The average molecular weight is 577 g/mol. The fourth-order valence-electron chi connectivity index (χ4n) is 3.55. The molecule has 0 aliphatic carbocycles. The van der Waals surface area contributed by atoms with Crippen molar-refractivity contribution in [2.45, 2.75) is 36.5 Å². The molecule has 0 aliphatic rings. The molecule has 0 aliphatic heterocycles. The van der Waals surface area contributed by atoms with E-state index in [2.05, 4.69) is 24.8 Å². The van der Waals surface area contributed by atoms with Crippen molar-refractivity contribution in [2.24, 2.45) is 0 Å². The molecule has 1 heterocycles. The van der Waals surface area contributed by atoms with Crippen LogP contribution in [-0.4, -0.2) is 62.4 Å². The third-order valence-corrected chi connectivity index (χ3v) is 9.46. The van der Waals surface area contributed by atoms with Crippen molar-refractivity contribution in [1.82, 2.24) is 9.88 Å². The second kappa shape index (κ2) is 13.8. The minimum absolute atomic E-state index is 0. The number of likely N-dealkylation sites (N-methyl/N-ethyl adjacent to an activating group) is 1. The van der Waals surface area contributed by atoms with E-state index in [0.29, 0.717) is 16.7 Å². The molecule has 6 nitrogen and oxygen atoms in total. The highest BCUT2D eigenvalue weighted by Gasteiger charge is 2.22. The number of thioether (sulfide) groups is 1. The minimum atomic E-state index is -3.48. The van der Waals surface area contributed by atoms with Crippen LogP contribution in [0.3, 0.4) is 0 Å². The summed E-state index contributed by atoms with van der Waals surface area (Å²) < 4.78 is 26.3. The van der Waals surface area contributed by atoms with Crippen LogP contribution < -0.4 is 4.90 Å². The first kappa shape index (κ1) is 29.9. The molecule has 0 N–H and O–H groups in total. The topological polar surface area (TPSA) is 70.6 Å². The number of benzene rings is 2. The first-order valence-electron chi connectivity index (χ1n) is 11.2. The molecule has 0 fully saturated rings. The van der Waals surface area contributed by atoms with E-state index in [1.165, 1.54) is 23.5 Å². The summed E-state index contributed by atoms with van der Waals surface area (Å²) in [5.74, 6) is -0.205. The summed E-state index contributed by atoms with van der Waals surface area (Å²) in [5.41, 5.74) is 0.865. The van der Waals surface area contributed by atoms with Crippen LogP contribution in [0.2, 0.25) is 5.02 Å². The van der Waals surface area contributed by atoms with Crippen molar-refractivity contribution in [3.05, 3.63) is 47.5 Å². The maximum absolute atomic E-state index is 13.3. The van der Waals surface area contributed by atoms with Crippen LogP contribution in [0, 0.1) is 0 Å². The minimum Gasteiger partial charge on any atom is -0.302 e. The van der Waals surface area contributed by atoms with Gasteiger partial charge in [-0.25, -0.2) is 13.4 Å². The molecule has 2 aromatic carbocycles. The van der Waals surface area contributed by atoms with Gasteiger partial charge < -0.3 is 4.90 Å². The number of nitrogens with zero attached hydrogens (tertiary/aromatic N) is 3. The SMILES string of the molecule is CCN(CC)CCN(C(=O)CCCS(=O)(=O)c1ccc(Cl)cc1)c1nc2ccc(SC)cc2s1.Cl. The first-order chi connectivity index (χ1) is 16.3. The number of rotatable bonds is 12. The van der Waals surface area contributed by atoms with Crippen molar-refractivity contribution in [1.29, 1.82) is 0 Å². The largest absolute Gasteiger partial charge is 0.302 e. The van der Waals surface area contributed by atoms with Gasteiger partial charge in [0.25, 0.3) is 0 Å². The molecule has 3 aromatic rings. The molecule has 192 valence electrons. The number of amides is 1. The fourth-order valence-corrected chi connectivity index (χ4v) is 6.55. The lowest BCUT2D eigenvalue weighted by molar-refractivity contribution is -0.118. The number of carbonyl (C=O) groups excluding carboxylic acids is 1. The van der Waals surface area contributed by atoms with E-state index in [4.69, 9.17) is 16.6 Å². The van der Waals surface area contributed by atoms with Gasteiger partial charge in [-0.3, -0.25) is 9.69 Å². The van der Waals surface area contributed by atoms with Crippen molar-refractivity contribution < 1.29 is 13.2 Å². The Morgan fingerprint density at radius 2 is 1.77 bits per heavy atom. The van der Waals surface area contributed by atoms with Gasteiger partial charge in [-0.15, -0.1) is 24.2 Å². The van der Waals surface area contributed by atoms with Crippen LogP contribution >= 0.6 is 47.1 Å². The highest BCUT2D eigenvalue weighted by molar-refractivity contribution is 7.98. The number of anilines is 1. The van der Waals surface area contributed by atoms with E-state index >= 15 is 0 Å². The van der Waals surface area contributed by atoms with Crippen LogP contribution in [0.15, 0.2) is 52.3 Å². The lowest BCUT2D eigenvalue weighted by Crippen LogP contribution is -2.38. The molecule has 0 saturated carbocycles. The summed E-state index contributed by atoms with van der Waals surface area (Å²) in [6.45, 7) is 7.23. The van der Waals surface area contributed by atoms with Crippen LogP contribution in [0.25, 0.3) is 10.2 Å². The zero-order valence-corrected chi connectivity index (χ0v) is 24.1. The predicted molar refractivity (Wildman–Crippen MR) is 152 cm³/mol. The Balaban J connectivity index is 0.00000432. The molecule has 1 aromatic heterocycles. The molecule has 3 rings (SSSR count). The Hall–Kier alpha value is -1.36. The second-order valence-electron chi connectivity index (χ2n) is 7.78. The standard InChI is InChI=1S/C24H30ClN3O3S3.ClH/c1-4-27(5-2)14-15-28(24-26-21-13-10-19(32-3)17-22(21)33-24)23(29)7-6-16-34(30,31)20-11-8-18(25)9-12-20;/h8-13,17H,4-7,14-16H2,1-3H3;1H. The summed E-state index contributed by atoms with van der Waals surface area (Å²) in [6.07, 6.45) is 2.41. The maximum Gasteiger partial charge on any atom is 0.228 e. The number of thiazole rings is 1. The molecule has 0 bridgehead atoms. The molecule has 0 saturated heterocycles. The molecule has 0 atom stereocenters. The van der Waals surface area contributed by atoms with Crippen LogP contribution in [0.1, 0.15) is 26.7 Å². The van der Waals surface area contributed by atoms with E-state index in [1.54, 1.807) is 28.8 Å². The molecule has 0 radical (unpaired) electrons. The highest BCUT2D eigenvalue weighted by Crippen LogP contribution is 2.32. The third kappa shape index (κ3) is 8.06. The van der Waals surface area contributed by atoms with Crippen LogP contribution in [0.5, 0.6) is 0 Å². The lowest BCUT2D eigenvalue weighted by atomic mass is 10.3. The monoisotopic (exact) mass is 575 g/mol. The number of hydrogen-bond donors (Lipinski definition) is 0. The number of hydrogen-bond acceptors (Lipinski definition) is 7. The van der Waals surface area contributed by atoms with Gasteiger partial charge in [-0.1, -0.05) is 36.8 Å². The van der Waals surface area contributed by atoms with Gasteiger partial charge in [-0.2, -0.15) is 0 Å². The van der Waals surface area contributed by atoms with Crippen molar-refractivity contribution >= 4 is 78.2 Å². The second-order valence-corrected chi connectivity index (χ2v) is 12.2. The van der Waals surface area contributed by atoms with E-state index in [-0.39, 0.29) is 41.8 Å². The third-order valence-electron chi connectivity index (χ3n) is 5.63. The Labute approximate surface area is 227 Å². The Kier molecular flexibility index (Phi) is 11.8. The van der Waals surface area contributed by atoms with Gasteiger partial charge in [-0.05, 0) is 68.2 Å². The van der Waals surface area contributed by atoms with Gasteiger partial charge in [0.2, 0.25) is 5.91 Å². The van der Waals surface area contributed by atoms with E-state index in [1.807, 2.05) is 18.4 Å². The summed E-state index contributed by atoms with van der Waals surface area (Å²) in [6, 6.07) is 12.2. The summed E-state index contributed by atoms with van der Waals surface area (Å²) >= 11 is 9.03. The van der Waals surface area contributed by atoms with Crippen molar-refractivity contribution in [3.63, 3.8) is 0 Å². The van der Waals surface area contributed by atoms with Gasteiger partial charge >= 0.3 is 0 Å². The van der Waals surface area contributed by atoms with E-state index in [9.17, 15) is 13.2 Å². The predicted octanol–water partition coefficient (Wildman–Crippen LogP) is 6.02. The Morgan fingerprint density at radius 1 is 1.09 bits per heavy atom. The van der Waals surface area contributed by atoms with Gasteiger partial charge in [0.05, 0.1) is 20.9 Å². The number of aromatic nitrogens is 1. The normalized spacial score (nSPS) is 11.6. The highest BCUT2D eigenvalue weighted by atomic mass is 35.5. The van der Waals surface area contributed by atoms with E-state index < -0.39 is 9.84 Å². The summed E-state index contributed by atoms with van der Waals surface area (Å²) in [7, 11) is -3.48. The lowest BCUT2D eigenvalue weighted by Gasteiger charge is -2.24. The Bertz CT molecular complexity index is 1210. The zero-order chi connectivity index (χ0) is 24.7. The first-order valence-corrected chi connectivity index (χ1v) is 15.3. The fraction of sp³-hybridized carbons (Fsp3) is 0.417. The number of fused-ring (bicyclic) bond motifs is 1. The van der Waals surface area contributed by atoms with Crippen molar-refractivity contribution in [2.75, 3.05) is 43.1 Å². The molecule has 11 heteroatoms. The molecular formula is C24H31Cl2N3O3S3. The molecule has 0 unspecified atom stereocenters. The van der Waals surface area contributed by atoms with Gasteiger partial charge in [0.15, 0.2) is 15.0 Å². The maximum atomic E-state index is 13.3. The molecule has 1 amide bonds. The van der Waals surface area contributed by atoms with Gasteiger partial charge in [0, 0.05) is 29.4 Å². The van der Waals surface area contributed by atoms with Gasteiger partial charge in [0.1, 0.15) is 0 Å². The quantitative estimate of drug-likeness (QED) is 0.246. The molecular weight excluding hydrogens is 545 g/mol. The Morgan fingerprint density at radius 3 is 2.40 bits per heavy atom. The number of halogens is 2. The smallest absolute Gasteiger partial charge is 0.228 e. The van der Waals surface area contributed by atoms with Crippen LogP contribution in [0.4, 0.5) is 5.13 Å². The summed E-state index contributed by atoms with van der Waals surface area (Å²) in [4.78, 5) is 23.3.